The summed E-state index contributed by atoms with van der Waals surface area (Å²) >= 11 is 9.93. The number of halogens is 2. The zero-order chi connectivity index (χ0) is 33.0. The van der Waals surface area contributed by atoms with Crippen molar-refractivity contribution in [2.24, 2.45) is 0 Å². The second-order valence-electron chi connectivity index (χ2n) is 9.81. The van der Waals surface area contributed by atoms with Gasteiger partial charge in [0, 0.05) is 13.5 Å². The van der Waals surface area contributed by atoms with E-state index in [1.807, 2.05) is 0 Å². The Labute approximate surface area is 265 Å². The van der Waals surface area contributed by atoms with Gasteiger partial charge in [-0.1, -0.05) is 10.4 Å². The number of H-pyrrole nitrogens is 1. The number of aromatic amines is 1. The number of nitrogens with zero attached hydrogens (tertiary/aromatic N) is 9. The first-order valence-electron chi connectivity index (χ1n) is 13.0. The fraction of sp³-hybridized carbons (Fsp3) is 0.579. The van der Waals surface area contributed by atoms with E-state index < -0.39 is 75.3 Å². The number of aromatic nitrogens is 10. The van der Waals surface area contributed by atoms with Gasteiger partial charge in [-0.3, -0.25) is 14.3 Å². The molecule has 2 aliphatic rings. The molecule has 4 aromatic rings. The van der Waals surface area contributed by atoms with E-state index in [0.29, 0.717) is 0 Å². The smallest absolute Gasteiger partial charge is 0.325 e. The molecule has 2 fully saturated rings. The van der Waals surface area contributed by atoms with Crippen LogP contribution in [-0.2, 0) is 51.2 Å². The number of nitrogen functional groups attached to an aromatic ring is 2. The predicted molar refractivity (Wildman–Crippen MR) is 157 cm³/mol. The van der Waals surface area contributed by atoms with E-state index in [-0.39, 0.29) is 40.5 Å². The first-order chi connectivity index (χ1) is 21.8. The molecule has 21 nitrogen and oxygen atoms in total. The second-order valence-corrected chi connectivity index (χ2v) is 15.5. The zero-order valence-corrected chi connectivity index (χ0v) is 26.6. The molecule has 0 saturated carbocycles. The van der Waals surface area contributed by atoms with E-state index >= 15 is 8.78 Å². The van der Waals surface area contributed by atoms with Gasteiger partial charge in [0.15, 0.2) is 46.8 Å². The molecule has 6 heterocycles. The van der Waals surface area contributed by atoms with E-state index in [9.17, 15) is 14.6 Å². The summed E-state index contributed by atoms with van der Waals surface area (Å²) in [6.07, 6.45) is -9.83. The molecule has 6 rings (SSSR count). The molecule has 0 spiro atoms. The number of fused-ring (bicyclic) bond motifs is 2. The molecule has 250 valence electrons. The fourth-order valence-electron chi connectivity index (χ4n) is 4.73. The summed E-state index contributed by atoms with van der Waals surface area (Å²) in [5.74, 6) is -0.261. The van der Waals surface area contributed by atoms with Crippen molar-refractivity contribution in [1.29, 1.82) is 0 Å². The number of hydrogen-bond donors (Lipinski definition) is 5. The lowest BCUT2D eigenvalue weighted by Gasteiger charge is -2.25. The van der Waals surface area contributed by atoms with Crippen LogP contribution in [-0.4, -0.2) is 111 Å². The third kappa shape index (κ3) is 6.50. The quantitative estimate of drug-likeness (QED) is 0.119. The van der Waals surface area contributed by atoms with Crippen LogP contribution in [0.3, 0.4) is 0 Å². The molecule has 0 bridgehead atoms. The molecule has 0 radical (unpaired) electrons. The highest BCUT2D eigenvalue weighted by atomic mass is 32.5. The molecule has 4 aromatic heterocycles. The molecule has 2 aliphatic heterocycles. The minimum Gasteiger partial charge on any atom is -0.382 e. The normalized spacial score (nSPS) is 29.4. The van der Waals surface area contributed by atoms with Crippen molar-refractivity contribution in [2.75, 3.05) is 31.8 Å². The summed E-state index contributed by atoms with van der Waals surface area (Å²) in [6, 6.07) is 0. The Morgan fingerprint density at radius 2 is 1.74 bits per heavy atom. The van der Waals surface area contributed by atoms with E-state index in [0.717, 1.165) is 22.8 Å². The maximum absolute atomic E-state index is 15.9. The van der Waals surface area contributed by atoms with Crippen molar-refractivity contribution < 1.29 is 46.1 Å². The van der Waals surface area contributed by atoms with Crippen LogP contribution in [0, 0.1) is 0 Å². The summed E-state index contributed by atoms with van der Waals surface area (Å²) in [5.41, 5.74) is 10.5. The van der Waals surface area contributed by atoms with Gasteiger partial charge >= 0.3 is 13.4 Å². The lowest BCUT2D eigenvalue weighted by Crippen LogP contribution is -2.32. The number of alkyl halides is 2. The summed E-state index contributed by atoms with van der Waals surface area (Å²) in [6.45, 7) is -9.18. The number of rotatable bonds is 11. The summed E-state index contributed by atoms with van der Waals surface area (Å²) in [7, 11) is 1.10. The largest absolute Gasteiger partial charge is 0.382 e. The average molecular weight is 729 g/mol. The van der Waals surface area contributed by atoms with Crippen molar-refractivity contribution in [3.05, 3.63) is 16.7 Å². The highest BCUT2D eigenvalue weighted by Crippen LogP contribution is 2.51. The monoisotopic (exact) mass is 728 g/mol. The average Bonchev–Trinajstić information content (AvgIpc) is 3.77. The Morgan fingerprint density at radius 3 is 2.48 bits per heavy atom. The van der Waals surface area contributed by atoms with Crippen molar-refractivity contribution >= 4 is 71.1 Å². The lowest BCUT2D eigenvalue weighted by atomic mass is 10.1. The molecule has 0 aliphatic carbocycles. The third-order valence-electron chi connectivity index (χ3n) is 6.83. The predicted octanol–water partition coefficient (Wildman–Crippen LogP) is -0.727. The highest BCUT2D eigenvalue weighted by Gasteiger charge is 2.51. The van der Waals surface area contributed by atoms with Crippen molar-refractivity contribution in [2.45, 2.75) is 49.5 Å². The molecule has 0 amide bonds. The molecule has 7 N–H and O–H groups in total. The lowest BCUT2D eigenvalue weighted by molar-refractivity contribution is -0.0567. The Balaban J connectivity index is 1.19. The van der Waals surface area contributed by atoms with Crippen LogP contribution in [0.15, 0.2) is 11.1 Å². The van der Waals surface area contributed by atoms with Gasteiger partial charge in [-0.25, -0.2) is 18.7 Å². The van der Waals surface area contributed by atoms with Gasteiger partial charge in [0.1, 0.15) is 24.7 Å². The maximum Gasteiger partial charge on any atom is 0.325 e. The van der Waals surface area contributed by atoms with Crippen LogP contribution in [0.4, 0.5) is 20.5 Å². The topological polar surface area (TPSA) is 281 Å². The number of hydrogen-bond acceptors (Lipinski definition) is 18. The van der Waals surface area contributed by atoms with Crippen LogP contribution in [0.5, 0.6) is 0 Å². The van der Waals surface area contributed by atoms with Crippen molar-refractivity contribution in [3.8, 4) is 0 Å². The number of ether oxygens (including phenoxy) is 2. The molecule has 0 aromatic carbocycles. The highest BCUT2D eigenvalue weighted by molar-refractivity contribution is 8.07. The van der Waals surface area contributed by atoms with E-state index in [4.69, 9.17) is 62.6 Å². The Kier molecular flexibility index (Phi) is 9.12. The van der Waals surface area contributed by atoms with Crippen LogP contribution in [0.25, 0.3) is 22.3 Å². The van der Waals surface area contributed by atoms with Crippen LogP contribution < -0.4 is 17.0 Å². The van der Waals surface area contributed by atoms with Crippen LogP contribution in [0.1, 0.15) is 18.9 Å². The first kappa shape index (κ1) is 33.1. The maximum atomic E-state index is 15.9. The SMILES string of the molecule is COP(O)(=S)OC[C@H]1O[C@@H](n2nnc3c(=O)[nH]c(N)nc32)[C@H](OP(O)(=S)OC[C@@H]2C[C@H](F)[C@H](n3nnc4c(N)ncnc43)O2)[C@H]1F. The van der Waals surface area contributed by atoms with Crippen molar-refractivity contribution in [3.63, 3.8) is 0 Å². The number of nitrogens with two attached hydrogens (primary N) is 2. The first-order valence-corrected chi connectivity index (χ1v) is 18.1. The Bertz CT molecular complexity index is 1920. The minimum absolute atomic E-state index is 0.0435. The number of anilines is 2. The van der Waals surface area contributed by atoms with Gasteiger partial charge in [-0.05, 0) is 23.6 Å². The molecule has 2 unspecified atom stereocenters. The van der Waals surface area contributed by atoms with E-state index in [2.05, 4.69) is 40.6 Å². The molecule has 2 saturated heterocycles. The molecule has 27 heteroatoms. The molecular weight excluding hydrogens is 704 g/mol. The second kappa shape index (κ2) is 12.7. The Morgan fingerprint density at radius 1 is 1.04 bits per heavy atom. The minimum atomic E-state index is -4.34. The van der Waals surface area contributed by atoms with Gasteiger partial charge in [-0.2, -0.15) is 14.3 Å². The summed E-state index contributed by atoms with van der Waals surface area (Å²) in [4.78, 5) is 47.3. The molecular formula is C19H24F2N12O9P2S2. The summed E-state index contributed by atoms with van der Waals surface area (Å²) < 4.78 is 65.1. The molecule has 9 atom stereocenters. The molecule has 46 heavy (non-hydrogen) atoms. The zero-order valence-electron chi connectivity index (χ0n) is 23.1. The van der Waals surface area contributed by atoms with Gasteiger partial charge in [-0.15, -0.1) is 10.2 Å². The van der Waals surface area contributed by atoms with E-state index in [1.165, 1.54) is 0 Å². The van der Waals surface area contributed by atoms with Crippen LogP contribution in [0.2, 0.25) is 0 Å². The summed E-state index contributed by atoms with van der Waals surface area (Å²) in [5, 5.41) is 15.3. The van der Waals surface area contributed by atoms with Gasteiger partial charge in [0.2, 0.25) is 5.95 Å². The third-order valence-corrected chi connectivity index (χ3v) is 10.1. The van der Waals surface area contributed by atoms with Gasteiger partial charge < -0.3 is 44.3 Å². The fourth-order valence-corrected chi connectivity index (χ4v) is 6.77. The van der Waals surface area contributed by atoms with Crippen LogP contribution >= 0.6 is 13.4 Å². The van der Waals surface area contributed by atoms with E-state index in [1.54, 1.807) is 0 Å². The standard InChI is InChI=1S/C19H24F2N12O9P2S2/c1-37-43(35,45)39-4-8-9(21)12(18(41-8)33-15-11(29-31-33)16(34)27-19(23)26-15)42-44(36,46)38-3-6-2-7(20)17(40-6)32-14-10(28-30-32)13(22)24-5-25-14/h5-9,12,17-18H,2-4H2,1H3,(H,35,45)(H,36,46)(H2,22,24,25)(H3,23,26,27,34)/t6-,7-,8+,9-,12+,17+,18+,43?,44?/m0/s1. The van der Waals surface area contributed by atoms with Gasteiger partial charge in [0.25, 0.3) is 5.56 Å². The number of nitrogens with one attached hydrogen (secondary N) is 1. The van der Waals surface area contributed by atoms with Crippen molar-refractivity contribution in [1.82, 2.24) is 49.9 Å². The Hall–Kier alpha value is -2.80. The van der Waals surface area contributed by atoms with Gasteiger partial charge in [0.05, 0.1) is 19.3 Å².